The van der Waals surface area contributed by atoms with E-state index in [9.17, 15) is 9.59 Å². The van der Waals surface area contributed by atoms with E-state index in [1.54, 1.807) is 24.3 Å². The third kappa shape index (κ3) is 6.24. The maximum Gasteiger partial charge on any atom is 0.253 e. The van der Waals surface area contributed by atoms with Crippen LogP contribution in [0.15, 0.2) is 48.5 Å². The van der Waals surface area contributed by atoms with Gasteiger partial charge in [-0.15, -0.1) is 0 Å². The molecule has 29 heavy (non-hydrogen) atoms. The lowest BCUT2D eigenvalue weighted by Crippen LogP contribution is -2.27. The fourth-order valence-electron chi connectivity index (χ4n) is 3.22. The molecule has 3 rings (SSSR count). The molecule has 1 heterocycles. The molecular formula is C23H29N3O3. The number of anilines is 2. The van der Waals surface area contributed by atoms with Crippen molar-refractivity contribution in [3.63, 3.8) is 0 Å². The highest BCUT2D eigenvalue weighted by atomic mass is 16.5. The molecule has 1 saturated heterocycles. The summed E-state index contributed by atoms with van der Waals surface area (Å²) in [4.78, 5) is 26.6. The summed E-state index contributed by atoms with van der Waals surface area (Å²) in [7, 11) is 0. The Morgan fingerprint density at radius 3 is 2.52 bits per heavy atom. The number of likely N-dealkylation sites (tertiary alicyclic amines) is 1. The van der Waals surface area contributed by atoms with Gasteiger partial charge in [0.15, 0.2) is 0 Å². The monoisotopic (exact) mass is 395 g/mol. The number of carbonyl (C=O) groups is 2. The zero-order chi connectivity index (χ0) is 20.5. The van der Waals surface area contributed by atoms with Gasteiger partial charge in [-0.3, -0.25) is 9.59 Å². The largest absolute Gasteiger partial charge is 0.494 e. The second-order valence-corrected chi connectivity index (χ2v) is 7.21. The van der Waals surface area contributed by atoms with Crippen molar-refractivity contribution in [1.29, 1.82) is 0 Å². The van der Waals surface area contributed by atoms with Gasteiger partial charge in [-0.05, 0) is 61.7 Å². The Kier molecular flexibility index (Phi) is 7.50. The quantitative estimate of drug-likeness (QED) is 0.626. The lowest BCUT2D eigenvalue weighted by Gasteiger charge is -2.16. The van der Waals surface area contributed by atoms with Crippen LogP contribution in [0, 0.1) is 0 Å². The number of carbonyl (C=O) groups excluding carboxylic acids is 2. The topological polar surface area (TPSA) is 70.7 Å². The Balaban J connectivity index is 1.48. The number of unbranched alkanes of at least 4 members (excludes halogenated alkanes) is 1. The van der Waals surface area contributed by atoms with E-state index in [1.165, 1.54) is 0 Å². The average Bonchev–Trinajstić information content (AvgIpc) is 3.28. The van der Waals surface area contributed by atoms with Crippen LogP contribution in [-0.4, -0.2) is 43.0 Å². The Labute approximate surface area is 172 Å². The molecule has 1 aliphatic rings. The maximum absolute atomic E-state index is 12.5. The Morgan fingerprint density at radius 1 is 1.03 bits per heavy atom. The highest BCUT2D eigenvalue weighted by molar-refractivity contribution is 5.98. The summed E-state index contributed by atoms with van der Waals surface area (Å²) in [6, 6.07) is 14.7. The van der Waals surface area contributed by atoms with Crippen LogP contribution in [0.3, 0.4) is 0 Å². The Bertz CT molecular complexity index is 814. The first-order chi connectivity index (χ1) is 14.2. The van der Waals surface area contributed by atoms with Gasteiger partial charge in [0.1, 0.15) is 5.75 Å². The molecule has 0 radical (unpaired) electrons. The van der Waals surface area contributed by atoms with E-state index in [2.05, 4.69) is 17.6 Å². The number of amides is 2. The van der Waals surface area contributed by atoms with Crippen molar-refractivity contribution < 1.29 is 14.3 Å². The standard InChI is InChI=1S/C23H29N3O3/c1-2-3-15-29-21-11-9-19(10-12-21)24-17-22(27)25-20-8-6-7-18(16-20)23(28)26-13-4-5-14-26/h6-12,16,24H,2-5,13-15,17H2,1H3,(H,25,27). The first-order valence-electron chi connectivity index (χ1n) is 10.3. The highest BCUT2D eigenvalue weighted by Gasteiger charge is 2.19. The fourth-order valence-corrected chi connectivity index (χ4v) is 3.22. The SMILES string of the molecule is CCCCOc1ccc(NCC(=O)Nc2cccc(C(=O)N3CCCC3)c2)cc1. The van der Waals surface area contributed by atoms with E-state index in [-0.39, 0.29) is 18.4 Å². The zero-order valence-corrected chi connectivity index (χ0v) is 16.9. The molecule has 2 aromatic rings. The lowest BCUT2D eigenvalue weighted by molar-refractivity contribution is -0.114. The van der Waals surface area contributed by atoms with E-state index >= 15 is 0 Å². The third-order valence-electron chi connectivity index (χ3n) is 4.86. The van der Waals surface area contributed by atoms with Crippen LogP contribution in [0.2, 0.25) is 0 Å². The number of hydrogen-bond donors (Lipinski definition) is 2. The second-order valence-electron chi connectivity index (χ2n) is 7.21. The molecule has 154 valence electrons. The molecule has 6 nitrogen and oxygen atoms in total. The van der Waals surface area contributed by atoms with Crippen molar-refractivity contribution in [2.45, 2.75) is 32.6 Å². The van der Waals surface area contributed by atoms with Gasteiger partial charge in [0.2, 0.25) is 5.91 Å². The molecule has 0 saturated carbocycles. The van der Waals surface area contributed by atoms with E-state index in [0.717, 1.165) is 50.2 Å². The predicted molar refractivity (Wildman–Crippen MR) is 116 cm³/mol. The van der Waals surface area contributed by atoms with Gasteiger partial charge in [-0.1, -0.05) is 19.4 Å². The summed E-state index contributed by atoms with van der Waals surface area (Å²) in [5.74, 6) is 0.685. The number of rotatable bonds is 9. The summed E-state index contributed by atoms with van der Waals surface area (Å²) in [5, 5.41) is 5.95. The molecule has 0 spiro atoms. The molecule has 2 amide bonds. The third-order valence-corrected chi connectivity index (χ3v) is 4.86. The maximum atomic E-state index is 12.5. The molecule has 6 heteroatoms. The first-order valence-corrected chi connectivity index (χ1v) is 10.3. The number of nitrogens with one attached hydrogen (secondary N) is 2. The summed E-state index contributed by atoms with van der Waals surface area (Å²) >= 11 is 0. The Morgan fingerprint density at radius 2 is 1.79 bits per heavy atom. The molecule has 0 aromatic heterocycles. The van der Waals surface area contributed by atoms with Crippen molar-refractivity contribution in [2.24, 2.45) is 0 Å². The molecule has 1 aliphatic heterocycles. The molecule has 1 fully saturated rings. The lowest BCUT2D eigenvalue weighted by atomic mass is 10.1. The molecule has 0 atom stereocenters. The molecule has 0 bridgehead atoms. The Hall–Kier alpha value is -3.02. The number of ether oxygens (including phenoxy) is 1. The number of benzene rings is 2. The van der Waals surface area contributed by atoms with E-state index in [4.69, 9.17) is 4.74 Å². The van der Waals surface area contributed by atoms with Gasteiger partial charge >= 0.3 is 0 Å². The van der Waals surface area contributed by atoms with Crippen molar-refractivity contribution >= 4 is 23.2 Å². The van der Waals surface area contributed by atoms with Gasteiger partial charge in [0.05, 0.1) is 13.2 Å². The van der Waals surface area contributed by atoms with Crippen LogP contribution in [0.25, 0.3) is 0 Å². The van der Waals surface area contributed by atoms with Crippen molar-refractivity contribution in [3.8, 4) is 5.75 Å². The minimum atomic E-state index is -0.168. The average molecular weight is 396 g/mol. The number of hydrogen-bond acceptors (Lipinski definition) is 4. The molecular weight excluding hydrogens is 366 g/mol. The van der Waals surface area contributed by atoms with Crippen molar-refractivity contribution in [1.82, 2.24) is 4.90 Å². The first kappa shape index (κ1) is 20.7. The van der Waals surface area contributed by atoms with Crippen molar-refractivity contribution in [3.05, 3.63) is 54.1 Å². The van der Waals surface area contributed by atoms with Crippen LogP contribution in [0.5, 0.6) is 5.75 Å². The summed E-state index contributed by atoms with van der Waals surface area (Å²) in [6.45, 7) is 4.60. The molecule has 0 unspecified atom stereocenters. The smallest absolute Gasteiger partial charge is 0.253 e. The van der Waals surface area contributed by atoms with Crippen LogP contribution in [0.1, 0.15) is 43.0 Å². The van der Waals surface area contributed by atoms with E-state index < -0.39 is 0 Å². The highest BCUT2D eigenvalue weighted by Crippen LogP contribution is 2.17. The van der Waals surface area contributed by atoms with Gasteiger partial charge in [0.25, 0.3) is 5.91 Å². The van der Waals surface area contributed by atoms with E-state index in [0.29, 0.717) is 17.9 Å². The summed E-state index contributed by atoms with van der Waals surface area (Å²) in [6.07, 6.45) is 4.24. The predicted octanol–water partition coefficient (Wildman–Crippen LogP) is 4.15. The fraction of sp³-hybridized carbons (Fsp3) is 0.391. The normalized spacial score (nSPS) is 13.2. The summed E-state index contributed by atoms with van der Waals surface area (Å²) in [5.41, 5.74) is 2.08. The van der Waals surface area contributed by atoms with Gasteiger partial charge < -0.3 is 20.3 Å². The summed E-state index contributed by atoms with van der Waals surface area (Å²) < 4.78 is 5.64. The second kappa shape index (κ2) is 10.5. The van der Waals surface area contributed by atoms with E-state index in [1.807, 2.05) is 29.2 Å². The molecule has 2 aromatic carbocycles. The van der Waals surface area contributed by atoms with Crippen LogP contribution in [-0.2, 0) is 4.79 Å². The van der Waals surface area contributed by atoms with Crippen LogP contribution in [0.4, 0.5) is 11.4 Å². The minimum Gasteiger partial charge on any atom is -0.494 e. The van der Waals surface area contributed by atoms with Gasteiger partial charge in [-0.25, -0.2) is 0 Å². The zero-order valence-electron chi connectivity index (χ0n) is 16.9. The van der Waals surface area contributed by atoms with Crippen molar-refractivity contribution in [2.75, 3.05) is 36.9 Å². The molecule has 0 aliphatic carbocycles. The van der Waals surface area contributed by atoms with Gasteiger partial charge in [0, 0.05) is 30.0 Å². The number of nitrogens with zero attached hydrogens (tertiary/aromatic N) is 1. The van der Waals surface area contributed by atoms with Crippen LogP contribution < -0.4 is 15.4 Å². The molecule has 2 N–H and O–H groups in total. The van der Waals surface area contributed by atoms with Crippen LogP contribution >= 0.6 is 0 Å². The minimum absolute atomic E-state index is 0.0259. The van der Waals surface area contributed by atoms with Gasteiger partial charge in [-0.2, -0.15) is 0 Å².